The number of thioether (sulfide) groups is 1. The first-order valence-electron chi connectivity index (χ1n) is 9.54. The van der Waals surface area contributed by atoms with E-state index in [1.807, 2.05) is 59.4 Å². The molecule has 0 aliphatic heterocycles. The molecule has 4 aromatic rings. The molecular formula is C23H21FN4OS. The van der Waals surface area contributed by atoms with Gasteiger partial charge in [-0.2, -0.15) is 0 Å². The number of nitrogens with zero attached hydrogens (tertiary/aromatic N) is 2. The van der Waals surface area contributed by atoms with Gasteiger partial charge in [0.2, 0.25) is 0 Å². The van der Waals surface area contributed by atoms with Crippen LogP contribution in [0, 0.1) is 5.82 Å². The third-order valence-corrected chi connectivity index (χ3v) is 5.43. The van der Waals surface area contributed by atoms with E-state index in [2.05, 4.69) is 10.6 Å². The lowest BCUT2D eigenvalue weighted by Crippen LogP contribution is -2.31. The Morgan fingerprint density at radius 1 is 1.07 bits per heavy atom. The second-order valence-corrected chi connectivity index (χ2v) is 7.58. The van der Waals surface area contributed by atoms with Gasteiger partial charge < -0.3 is 15.2 Å². The zero-order chi connectivity index (χ0) is 20.9. The van der Waals surface area contributed by atoms with Gasteiger partial charge in [0.1, 0.15) is 11.6 Å². The third kappa shape index (κ3) is 4.46. The summed E-state index contributed by atoms with van der Waals surface area (Å²) in [4.78, 5) is 18.1. The van der Waals surface area contributed by atoms with Crippen molar-refractivity contribution in [2.75, 3.05) is 18.1 Å². The molecule has 5 nitrogen and oxygen atoms in total. The van der Waals surface area contributed by atoms with Gasteiger partial charge in [-0.3, -0.25) is 0 Å². The van der Waals surface area contributed by atoms with Crippen LogP contribution in [0.3, 0.4) is 0 Å². The highest BCUT2D eigenvalue weighted by Crippen LogP contribution is 2.25. The van der Waals surface area contributed by atoms with Crippen LogP contribution in [0.1, 0.15) is 0 Å². The van der Waals surface area contributed by atoms with E-state index in [4.69, 9.17) is 4.98 Å². The molecule has 0 unspecified atom stereocenters. The van der Waals surface area contributed by atoms with Crippen LogP contribution < -0.4 is 10.6 Å². The summed E-state index contributed by atoms with van der Waals surface area (Å²) in [5, 5.41) is 5.75. The van der Waals surface area contributed by atoms with Crippen LogP contribution in [0.4, 0.5) is 14.9 Å². The average Bonchev–Trinajstić information content (AvgIpc) is 3.13. The molecule has 1 heterocycles. The number of rotatable bonds is 6. The van der Waals surface area contributed by atoms with Crippen molar-refractivity contribution < 1.29 is 9.18 Å². The van der Waals surface area contributed by atoms with Crippen molar-refractivity contribution in [3.63, 3.8) is 0 Å². The Labute approximate surface area is 178 Å². The largest absolute Gasteiger partial charge is 0.336 e. The maximum Gasteiger partial charge on any atom is 0.319 e. The topological polar surface area (TPSA) is 59.0 Å². The van der Waals surface area contributed by atoms with Crippen molar-refractivity contribution in [2.45, 2.75) is 11.4 Å². The minimum absolute atomic E-state index is 0.263. The molecule has 152 valence electrons. The molecule has 0 aliphatic rings. The maximum atomic E-state index is 13.3. The lowest BCUT2D eigenvalue weighted by Gasteiger charge is -2.12. The Kier molecular flexibility index (Phi) is 5.99. The molecule has 0 aliphatic carbocycles. The van der Waals surface area contributed by atoms with Gasteiger partial charge in [-0.25, -0.2) is 14.2 Å². The third-order valence-electron chi connectivity index (χ3n) is 4.71. The van der Waals surface area contributed by atoms with E-state index in [9.17, 15) is 9.18 Å². The molecule has 7 heteroatoms. The van der Waals surface area contributed by atoms with Gasteiger partial charge >= 0.3 is 6.03 Å². The van der Waals surface area contributed by atoms with E-state index < -0.39 is 0 Å². The number of anilines is 1. The molecule has 0 radical (unpaired) electrons. The number of imidazole rings is 1. The number of hydrogen-bond donors (Lipinski definition) is 2. The Hall–Kier alpha value is -3.32. The van der Waals surface area contributed by atoms with E-state index in [0.717, 1.165) is 33.0 Å². The molecule has 3 aromatic carbocycles. The molecule has 0 bridgehead atoms. The second-order valence-electron chi connectivity index (χ2n) is 6.70. The van der Waals surface area contributed by atoms with Crippen LogP contribution in [0.2, 0.25) is 0 Å². The SMILES string of the molecule is CSc1cccc(NC(=O)NCCn2c(-c3ccc(F)cc3)nc3ccccc32)c1. The van der Waals surface area contributed by atoms with Crippen molar-refractivity contribution in [3.8, 4) is 11.4 Å². The number of para-hydroxylation sites is 2. The van der Waals surface area contributed by atoms with Crippen LogP contribution >= 0.6 is 11.8 Å². The summed E-state index contributed by atoms with van der Waals surface area (Å²) in [6, 6.07) is 21.5. The van der Waals surface area contributed by atoms with Gasteiger partial charge in [0.05, 0.1) is 11.0 Å². The summed E-state index contributed by atoms with van der Waals surface area (Å²) in [6.45, 7) is 0.952. The Morgan fingerprint density at radius 2 is 1.87 bits per heavy atom. The number of fused-ring (bicyclic) bond motifs is 1. The first-order valence-corrected chi connectivity index (χ1v) is 10.8. The summed E-state index contributed by atoms with van der Waals surface area (Å²) >= 11 is 1.62. The van der Waals surface area contributed by atoms with E-state index in [-0.39, 0.29) is 11.8 Å². The second kappa shape index (κ2) is 9.00. The van der Waals surface area contributed by atoms with E-state index in [1.165, 1.54) is 12.1 Å². The van der Waals surface area contributed by atoms with Crippen LogP contribution in [0.15, 0.2) is 77.7 Å². The Bertz CT molecular complexity index is 1170. The monoisotopic (exact) mass is 420 g/mol. The molecule has 4 rings (SSSR count). The van der Waals surface area contributed by atoms with Crippen molar-refractivity contribution in [1.82, 2.24) is 14.9 Å². The summed E-state index contributed by atoms with van der Waals surface area (Å²) in [5.74, 6) is 0.455. The number of amides is 2. The number of benzene rings is 3. The smallest absolute Gasteiger partial charge is 0.319 e. The quantitative estimate of drug-likeness (QED) is 0.412. The fraction of sp³-hybridized carbons (Fsp3) is 0.130. The fourth-order valence-corrected chi connectivity index (χ4v) is 3.74. The molecular weight excluding hydrogens is 399 g/mol. The molecule has 0 spiro atoms. The number of hydrogen-bond acceptors (Lipinski definition) is 3. The van der Waals surface area contributed by atoms with Gasteiger partial charge in [0, 0.05) is 29.2 Å². The number of aromatic nitrogens is 2. The number of urea groups is 1. The predicted molar refractivity (Wildman–Crippen MR) is 120 cm³/mol. The van der Waals surface area contributed by atoms with Crippen molar-refractivity contribution in [2.24, 2.45) is 0 Å². The minimum atomic E-state index is -0.287. The molecule has 0 saturated carbocycles. The van der Waals surface area contributed by atoms with Crippen LogP contribution in [0.5, 0.6) is 0 Å². The number of nitrogens with one attached hydrogen (secondary N) is 2. The predicted octanol–water partition coefficient (Wildman–Crippen LogP) is 5.39. The molecule has 2 amide bonds. The zero-order valence-electron chi connectivity index (χ0n) is 16.4. The van der Waals surface area contributed by atoms with Gasteiger partial charge in [-0.1, -0.05) is 18.2 Å². The van der Waals surface area contributed by atoms with Crippen LogP contribution in [0.25, 0.3) is 22.4 Å². The van der Waals surface area contributed by atoms with Crippen LogP contribution in [-0.2, 0) is 6.54 Å². The molecule has 0 fully saturated rings. The first-order chi connectivity index (χ1) is 14.6. The lowest BCUT2D eigenvalue weighted by atomic mass is 10.2. The van der Waals surface area contributed by atoms with E-state index in [1.54, 1.807) is 23.9 Å². The number of halogens is 1. The number of carbonyl (C=O) groups is 1. The van der Waals surface area contributed by atoms with Crippen LogP contribution in [-0.4, -0.2) is 28.4 Å². The minimum Gasteiger partial charge on any atom is -0.336 e. The molecule has 0 atom stereocenters. The highest BCUT2D eigenvalue weighted by Gasteiger charge is 2.13. The average molecular weight is 421 g/mol. The normalized spacial score (nSPS) is 10.9. The summed E-state index contributed by atoms with van der Waals surface area (Å²) in [6.07, 6.45) is 1.99. The number of carbonyl (C=O) groups excluding carboxylic acids is 1. The fourth-order valence-electron chi connectivity index (χ4n) is 3.28. The van der Waals surface area contributed by atoms with Gasteiger partial charge in [0.25, 0.3) is 0 Å². The first kappa shape index (κ1) is 20.0. The zero-order valence-corrected chi connectivity index (χ0v) is 17.2. The summed E-state index contributed by atoms with van der Waals surface area (Å²) < 4.78 is 15.4. The van der Waals surface area contributed by atoms with Crippen molar-refractivity contribution in [3.05, 3.63) is 78.6 Å². The standard InChI is InChI=1S/C23H21FN4OS/c1-30-19-6-4-5-18(15-19)26-23(29)25-13-14-28-21-8-3-2-7-20(21)27-22(28)16-9-11-17(24)12-10-16/h2-12,15H,13-14H2,1H3,(H2,25,26,29). The lowest BCUT2D eigenvalue weighted by molar-refractivity contribution is 0.251. The molecule has 1 aromatic heterocycles. The van der Waals surface area contributed by atoms with Crippen molar-refractivity contribution in [1.29, 1.82) is 0 Å². The van der Waals surface area contributed by atoms with E-state index >= 15 is 0 Å². The van der Waals surface area contributed by atoms with Gasteiger partial charge in [-0.15, -0.1) is 11.8 Å². The molecule has 30 heavy (non-hydrogen) atoms. The Morgan fingerprint density at radius 3 is 2.67 bits per heavy atom. The highest BCUT2D eigenvalue weighted by molar-refractivity contribution is 7.98. The Balaban J connectivity index is 1.48. The maximum absolute atomic E-state index is 13.3. The molecule has 0 saturated heterocycles. The summed E-state index contributed by atoms with van der Waals surface area (Å²) in [5.41, 5.74) is 3.40. The summed E-state index contributed by atoms with van der Waals surface area (Å²) in [7, 11) is 0. The molecule has 2 N–H and O–H groups in total. The highest BCUT2D eigenvalue weighted by atomic mass is 32.2. The van der Waals surface area contributed by atoms with Gasteiger partial charge in [0.15, 0.2) is 0 Å². The van der Waals surface area contributed by atoms with Gasteiger partial charge in [-0.05, 0) is 60.9 Å². The van der Waals surface area contributed by atoms with Crippen molar-refractivity contribution >= 4 is 34.5 Å². The van der Waals surface area contributed by atoms with E-state index in [0.29, 0.717) is 13.1 Å².